The number of thiophene rings is 1. The van der Waals surface area contributed by atoms with Crippen LogP contribution < -0.4 is 5.32 Å². The molecule has 0 aliphatic carbocycles. The Kier molecular flexibility index (Phi) is 2.93. The molecular weight excluding hydrogens is 246 g/mol. The van der Waals surface area contributed by atoms with Crippen molar-refractivity contribution in [2.75, 3.05) is 11.9 Å². The van der Waals surface area contributed by atoms with Gasteiger partial charge < -0.3 is 10.3 Å². The third kappa shape index (κ3) is 2.19. The fraction of sp³-hybridized carbons (Fsp3) is 0.250. The molecule has 0 aliphatic rings. The fourth-order valence-electron chi connectivity index (χ4n) is 1.83. The van der Waals surface area contributed by atoms with Crippen LogP contribution in [0.3, 0.4) is 0 Å². The number of nitrogens with zero attached hydrogens (tertiary/aromatic N) is 3. The molecule has 0 unspecified atom stereocenters. The summed E-state index contributed by atoms with van der Waals surface area (Å²) in [5.41, 5.74) is 1.12. The van der Waals surface area contributed by atoms with Gasteiger partial charge in [-0.25, -0.2) is 15.0 Å². The Morgan fingerprint density at radius 1 is 1.39 bits per heavy atom. The maximum absolute atomic E-state index is 4.45. The van der Waals surface area contributed by atoms with Gasteiger partial charge in [0.1, 0.15) is 16.5 Å². The summed E-state index contributed by atoms with van der Waals surface area (Å²) in [4.78, 5) is 17.0. The predicted octanol–water partition coefficient (Wildman–Crippen LogP) is 2.38. The van der Waals surface area contributed by atoms with E-state index in [4.69, 9.17) is 0 Å². The second-order valence-corrected chi connectivity index (χ2v) is 4.91. The Morgan fingerprint density at radius 2 is 2.33 bits per heavy atom. The van der Waals surface area contributed by atoms with Crippen molar-refractivity contribution in [3.05, 3.63) is 35.5 Å². The number of nitrogens with one attached hydrogen (secondary N) is 2. The third-order valence-electron chi connectivity index (χ3n) is 2.68. The van der Waals surface area contributed by atoms with Gasteiger partial charge in [0.25, 0.3) is 0 Å². The molecule has 0 atom stereocenters. The van der Waals surface area contributed by atoms with Crippen molar-refractivity contribution in [3.8, 4) is 0 Å². The first-order valence-electron chi connectivity index (χ1n) is 5.76. The Hall–Kier alpha value is -1.95. The molecule has 0 saturated heterocycles. The quantitative estimate of drug-likeness (QED) is 0.755. The molecule has 3 aromatic rings. The van der Waals surface area contributed by atoms with Crippen LogP contribution >= 0.6 is 11.3 Å². The highest BCUT2D eigenvalue weighted by atomic mass is 32.1. The number of aromatic amines is 1. The first kappa shape index (κ1) is 11.2. The molecule has 6 heteroatoms. The molecule has 0 aromatic carbocycles. The largest absolute Gasteiger partial charge is 0.369 e. The zero-order chi connectivity index (χ0) is 12.4. The zero-order valence-corrected chi connectivity index (χ0v) is 10.8. The minimum absolute atomic E-state index is 0.800. The number of imidazole rings is 1. The number of H-pyrrole nitrogens is 1. The number of aromatic nitrogens is 4. The van der Waals surface area contributed by atoms with E-state index in [1.807, 2.05) is 18.5 Å². The summed E-state index contributed by atoms with van der Waals surface area (Å²) in [6, 6.07) is 2.05. The minimum atomic E-state index is 0.800. The first-order valence-corrected chi connectivity index (χ1v) is 6.64. The molecule has 2 N–H and O–H groups in total. The van der Waals surface area contributed by atoms with Crippen LogP contribution in [0.25, 0.3) is 10.2 Å². The van der Waals surface area contributed by atoms with Gasteiger partial charge in [-0.05, 0) is 18.4 Å². The summed E-state index contributed by atoms with van der Waals surface area (Å²) in [6.45, 7) is 2.74. The van der Waals surface area contributed by atoms with Gasteiger partial charge in [0.05, 0.1) is 11.7 Å². The highest BCUT2D eigenvalue weighted by molar-refractivity contribution is 7.16. The fourth-order valence-corrected chi connectivity index (χ4v) is 2.64. The number of hydrogen-bond donors (Lipinski definition) is 2. The van der Waals surface area contributed by atoms with Gasteiger partial charge >= 0.3 is 0 Å². The highest BCUT2D eigenvalue weighted by Gasteiger charge is 2.06. The Balaban J connectivity index is 1.75. The first-order chi connectivity index (χ1) is 8.83. The molecule has 3 aromatic heterocycles. The number of anilines is 1. The summed E-state index contributed by atoms with van der Waals surface area (Å²) in [5.74, 6) is 1.72. The maximum Gasteiger partial charge on any atom is 0.138 e. The second-order valence-electron chi connectivity index (χ2n) is 4.01. The van der Waals surface area contributed by atoms with Gasteiger partial charge in [0.2, 0.25) is 0 Å². The van der Waals surface area contributed by atoms with Crippen LogP contribution in [0.1, 0.15) is 11.5 Å². The van der Waals surface area contributed by atoms with E-state index >= 15 is 0 Å². The average molecular weight is 259 g/mol. The van der Waals surface area contributed by atoms with Crippen molar-refractivity contribution >= 4 is 27.4 Å². The number of fused-ring (bicyclic) bond motifs is 1. The van der Waals surface area contributed by atoms with E-state index in [2.05, 4.69) is 31.3 Å². The normalized spacial score (nSPS) is 10.9. The molecule has 0 fully saturated rings. The molecule has 0 radical (unpaired) electrons. The van der Waals surface area contributed by atoms with Gasteiger partial charge in [-0.3, -0.25) is 0 Å². The van der Waals surface area contributed by atoms with Crippen molar-refractivity contribution in [1.82, 2.24) is 19.9 Å². The van der Waals surface area contributed by atoms with Gasteiger partial charge in [-0.15, -0.1) is 11.3 Å². The summed E-state index contributed by atoms with van der Waals surface area (Å²) in [7, 11) is 0. The third-order valence-corrected chi connectivity index (χ3v) is 3.49. The minimum Gasteiger partial charge on any atom is -0.369 e. The highest BCUT2D eigenvalue weighted by Crippen LogP contribution is 2.24. The molecule has 5 nitrogen and oxygen atoms in total. The smallest absolute Gasteiger partial charge is 0.138 e. The Morgan fingerprint density at radius 3 is 3.17 bits per heavy atom. The standard InChI is InChI=1S/C12H13N5S/c1-8-16-11(10-3-5-18-12(10)17-8)14-4-2-9-6-13-7-15-9/h3,5-7H,2,4H2,1H3,(H,13,15)(H,14,16,17). The number of rotatable bonds is 4. The van der Waals surface area contributed by atoms with Crippen LogP contribution in [0.5, 0.6) is 0 Å². The number of aryl methyl sites for hydroxylation is 1. The van der Waals surface area contributed by atoms with Crippen molar-refractivity contribution in [2.45, 2.75) is 13.3 Å². The van der Waals surface area contributed by atoms with E-state index in [1.54, 1.807) is 17.7 Å². The van der Waals surface area contributed by atoms with E-state index in [1.165, 1.54) is 0 Å². The lowest BCUT2D eigenvalue weighted by atomic mass is 10.3. The van der Waals surface area contributed by atoms with Gasteiger partial charge in [0, 0.05) is 24.9 Å². The van der Waals surface area contributed by atoms with Crippen LogP contribution in [-0.2, 0) is 6.42 Å². The van der Waals surface area contributed by atoms with Crippen molar-refractivity contribution in [3.63, 3.8) is 0 Å². The van der Waals surface area contributed by atoms with E-state index in [0.29, 0.717) is 0 Å². The predicted molar refractivity (Wildman–Crippen MR) is 72.9 cm³/mol. The van der Waals surface area contributed by atoms with Crippen molar-refractivity contribution < 1.29 is 0 Å². The molecule has 0 saturated carbocycles. The summed E-state index contributed by atoms with van der Waals surface area (Å²) < 4.78 is 0. The molecule has 0 bridgehead atoms. The Bertz CT molecular complexity index is 644. The molecule has 0 aliphatic heterocycles. The molecule has 0 spiro atoms. The summed E-state index contributed by atoms with van der Waals surface area (Å²) >= 11 is 1.64. The molecule has 92 valence electrons. The van der Waals surface area contributed by atoms with Gasteiger partial charge in [0.15, 0.2) is 0 Å². The lowest BCUT2D eigenvalue weighted by Gasteiger charge is -2.06. The van der Waals surface area contributed by atoms with Crippen LogP contribution in [0.4, 0.5) is 5.82 Å². The van der Waals surface area contributed by atoms with Crippen LogP contribution in [0.2, 0.25) is 0 Å². The van der Waals surface area contributed by atoms with E-state index in [9.17, 15) is 0 Å². The van der Waals surface area contributed by atoms with E-state index in [0.717, 1.165) is 40.5 Å². The van der Waals surface area contributed by atoms with E-state index < -0.39 is 0 Å². The second kappa shape index (κ2) is 4.73. The SMILES string of the molecule is Cc1nc(NCCc2cnc[nH]2)c2ccsc2n1. The molecule has 3 heterocycles. The van der Waals surface area contributed by atoms with Crippen LogP contribution in [0, 0.1) is 6.92 Å². The number of hydrogen-bond acceptors (Lipinski definition) is 5. The topological polar surface area (TPSA) is 66.5 Å². The Labute approximate surface area is 108 Å². The van der Waals surface area contributed by atoms with Gasteiger partial charge in [-0.1, -0.05) is 0 Å². The molecule has 0 amide bonds. The summed E-state index contributed by atoms with van der Waals surface area (Å²) in [5, 5.41) is 6.49. The van der Waals surface area contributed by atoms with E-state index in [-0.39, 0.29) is 0 Å². The zero-order valence-electron chi connectivity index (χ0n) is 9.97. The summed E-state index contributed by atoms with van der Waals surface area (Å²) in [6.07, 6.45) is 4.43. The molecule has 18 heavy (non-hydrogen) atoms. The molecular formula is C12H13N5S. The lowest BCUT2D eigenvalue weighted by molar-refractivity contribution is 0.963. The average Bonchev–Trinajstić information content (AvgIpc) is 2.98. The van der Waals surface area contributed by atoms with Crippen molar-refractivity contribution in [1.29, 1.82) is 0 Å². The molecule has 3 rings (SSSR count). The van der Waals surface area contributed by atoms with Crippen LogP contribution in [-0.4, -0.2) is 26.5 Å². The van der Waals surface area contributed by atoms with Crippen LogP contribution in [0.15, 0.2) is 24.0 Å². The van der Waals surface area contributed by atoms with Crippen molar-refractivity contribution in [2.24, 2.45) is 0 Å². The van der Waals surface area contributed by atoms with Gasteiger partial charge in [-0.2, -0.15) is 0 Å². The lowest BCUT2D eigenvalue weighted by Crippen LogP contribution is -2.07. The maximum atomic E-state index is 4.45. The monoisotopic (exact) mass is 259 g/mol.